The Morgan fingerprint density at radius 2 is 1.00 bits per heavy atom. The van der Waals surface area contributed by atoms with E-state index in [1.54, 1.807) is 0 Å². The molecule has 356 valence electrons. The van der Waals surface area contributed by atoms with Crippen molar-refractivity contribution >= 4 is 5.97 Å². The van der Waals surface area contributed by atoms with Crippen LogP contribution in [0.5, 0.6) is 0 Å². The molecule has 0 bridgehead atoms. The highest BCUT2D eigenvalue weighted by Crippen LogP contribution is 2.23. The smallest absolute Gasteiger partial charge is 0.306 e. The molecule has 9 heteroatoms. The van der Waals surface area contributed by atoms with E-state index in [9.17, 15) is 25.2 Å². The summed E-state index contributed by atoms with van der Waals surface area (Å²) in [5.74, 6) is -0.318. The molecular formula is C52H94O9. The van der Waals surface area contributed by atoms with E-state index in [0.29, 0.717) is 13.0 Å². The van der Waals surface area contributed by atoms with Crippen LogP contribution in [0, 0.1) is 0 Å². The lowest BCUT2D eigenvalue weighted by Gasteiger charge is -2.39. The minimum atomic E-state index is -1.54. The van der Waals surface area contributed by atoms with Gasteiger partial charge in [-0.3, -0.25) is 4.79 Å². The lowest BCUT2D eigenvalue weighted by molar-refractivity contribution is -0.305. The lowest BCUT2D eigenvalue weighted by atomic mass is 9.99. The molecular weight excluding hydrogens is 769 g/mol. The molecule has 0 spiro atoms. The maximum Gasteiger partial charge on any atom is 0.306 e. The highest BCUT2D eigenvalue weighted by Gasteiger charge is 2.44. The Kier molecular flexibility index (Phi) is 40.7. The fraction of sp³-hybridized carbons (Fsp3) is 0.827. The summed E-state index contributed by atoms with van der Waals surface area (Å²) < 4.78 is 22.9. The maximum atomic E-state index is 12.8. The number of esters is 1. The first-order chi connectivity index (χ1) is 29.9. The number of carbonyl (C=O) groups is 1. The number of ether oxygens (including phenoxy) is 4. The number of rotatable bonds is 43. The molecule has 0 amide bonds. The molecule has 0 aromatic carbocycles. The van der Waals surface area contributed by atoms with Gasteiger partial charge in [0.15, 0.2) is 6.29 Å². The highest BCUT2D eigenvalue weighted by molar-refractivity contribution is 5.69. The van der Waals surface area contributed by atoms with Crippen molar-refractivity contribution in [1.29, 1.82) is 0 Å². The molecule has 6 atom stereocenters. The van der Waals surface area contributed by atoms with Gasteiger partial charge in [0.1, 0.15) is 30.5 Å². The van der Waals surface area contributed by atoms with Crippen LogP contribution in [0.25, 0.3) is 0 Å². The maximum absolute atomic E-state index is 12.8. The Labute approximate surface area is 373 Å². The molecule has 1 rings (SSSR count). The van der Waals surface area contributed by atoms with E-state index < -0.39 is 43.4 Å². The van der Waals surface area contributed by atoms with Gasteiger partial charge in [0, 0.05) is 13.0 Å². The summed E-state index contributed by atoms with van der Waals surface area (Å²) in [6.07, 6.45) is 47.1. The zero-order valence-corrected chi connectivity index (χ0v) is 39.2. The minimum absolute atomic E-state index is 0.120. The van der Waals surface area contributed by atoms with Gasteiger partial charge in [-0.25, -0.2) is 0 Å². The van der Waals surface area contributed by atoms with Crippen LogP contribution < -0.4 is 0 Å². The average Bonchev–Trinajstić information content (AvgIpc) is 3.26. The van der Waals surface area contributed by atoms with Gasteiger partial charge in [-0.1, -0.05) is 204 Å². The topological polar surface area (TPSA) is 135 Å². The van der Waals surface area contributed by atoms with Gasteiger partial charge in [0.05, 0.1) is 19.8 Å². The first-order valence-electron chi connectivity index (χ1n) is 25.2. The quantitative estimate of drug-likeness (QED) is 0.0268. The van der Waals surface area contributed by atoms with Gasteiger partial charge in [-0.15, -0.1) is 0 Å². The molecule has 9 nitrogen and oxygen atoms in total. The zero-order chi connectivity index (χ0) is 44.3. The monoisotopic (exact) mass is 863 g/mol. The van der Waals surface area contributed by atoms with Crippen molar-refractivity contribution in [3.05, 3.63) is 48.6 Å². The van der Waals surface area contributed by atoms with E-state index >= 15 is 0 Å². The summed E-state index contributed by atoms with van der Waals surface area (Å²) in [7, 11) is 0. The fourth-order valence-corrected chi connectivity index (χ4v) is 7.60. The molecule has 4 N–H and O–H groups in total. The first kappa shape index (κ1) is 57.2. The second-order valence-electron chi connectivity index (χ2n) is 17.2. The Hall–Kier alpha value is -1.85. The summed E-state index contributed by atoms with van der Waals surface area (Å²) in [4.78, 5) is 12.8. The molecule has 1 heterocycles. The molecule has 61 heavy (non-hydrogen) atoms. The molecule has 1 fully saturated rings. The number of allylic oxidation sites excluding steroid dienone is 8. The van der Waals surface area contributed by atoms with Gasteiger partial charge in [0.25, 0.3) is 0 Å². The molecule has 1 saturated heterocycles. The lowest BCUT2D eigenvalue weighted by Crippen LogP contribution is -2.59. The van der Waals surface area contributed by atoms with Gasteiger partial charge < -0.3 is 39.4 Å². The van der Waals surface area contributed by atoms with Crippen LogP contribution in [-0.4, -0.2) is 89.6 Å². The average molecular weight is 863 g/mol. The van der Waals surface area contributed by atoms with Crippen LogP contribution in [0.1, 0.15) is 213 Å². The van der Waals surface area contributed by atoms with E-state index in [-0.39, 0.29) is 19.2 Å². The van der Waals surface area contributed by atoms with Crippen LogP contribution in [0.15, 0.2) is 48.6 Å². The molecule has 0 aliphatic carbocycles. The van der Waals surface area contributed by atoms with Gasteiger partial charge in [-0.2, -0.15) is 0 Å². The van der Waals surface area contributed by atoms with E-state index in [0.717, 1.165) is 70.6 Å². The van der Waals surface area contributed by atoms with Crippen molar-refractivity contribution in [3.8, 4) is 0 Å². The largest absolute Gasteiger partial charge is 0.457 e. The van der Waals surface area contributed by atoms with Crippen molar-refractivity contribution in [1.82, 2.24) is 0 Å². The third kappa shape index (κ3) is 34.3. The first-order valence-corrected chi connectivity index (χ1v) is 25.2. The summed E-state index contributed by atoms with van der Waals surface area (Å²) in [5, 5.41) is 40.2. The summed E-state index contributed by atoms with van der Waals surface area (Å²) in [6, 6.07) is 0. The van der Waals surface area contributed by atoms with Crippen molar-refractivity contribution in [2.75, 3.05) is 26.4 Å². The van der Waals surface area contributed by atoms with E-state index in [1.807, 2.05) is 0 Å². The molecule has 1 aliphatic rings. The molecule has 0 saturated carbocycles. The van der Waals surface area contributed by atoms with Crippen molar-refractivity contribution < 1.29 is 44.2 Å². The minimum Gasteiger partial charge on any atom is -0.457 e. The van der Waals surface area contributed by atoms with Crippen LogP contribution in [0.2, 0.25) is 0 Å². The summed E-state index contributed by atoms with van der Waals surface area (Å²) in [5.41, 5.74) is 0. The zero-order valence-electron chi connectivity index (χ0n) is 39.2. The number of unbranched alkanes of at least 4 members (excludes halogenated alkanes) is 24. The normalized spacial score (nSPS) is 20.3. The Morgan fingerprint density at radius 1 is 0.541 bits per heavy atom. The van der Waals surface area contributed by atoms with E-state index in [4.69, 9.17) is 18.9 Å². The van der Waals surface area contributed by atoms with Crippen molar-refractivity contribution in [2.45, 2.75) is 250 Å². The van der Waals surface area contributed by atoms with Crippen LogP contribution in [0.3, 0.4) is 0 Å². The van der Waals surface area contributed by atoms with Gasteiger partial charge in [-0.05, 0) is 51.4 Å². The number of aliphatic hydroxyl groups excluding tert-OH is 4. The SMILES string of the molecule is CC/C=C\C/C=C\C/C=C\C/C=C\CCCCCCCOCC(COC1OC(CO)C(O)C(O)C1O)OC(=O)CCCCCCCCCCCCCCCCCCCCCC. The van der Waals surface area contributed by atoms with E-state index in [1.165, 1.54) is 122 Å². The number of hydrogen-bond donors (Lipinski definition) is 4. The molecule has 0 aromatic rings. The van der Waals surface area contributed by atoms with Crippen molar-refractivity contribution in [3.63, 3.8) is 0 Å². The highest BCUT2D eigenvalue weighted by atomic mass is 16.7. The molecule has 0 aromatic heterocycles. The standard InChI is InChI=1S/C52H94O9/c1-3-5-7-9-11-13-15-17-19-21-23-24-25-27-29-31-33-35-37-39-41-48(54)60-46(45-59-52-51(57)50(56)49(55)47(43-53)61-52)44-58-42-40-38-36-34-32-30-28-26-22-20-18-16-14-12-10-8-6-4-2/h6,8,12,14,18,20,26,28,46-47,49-53,55-57H,3-5,7,9-11,13,15-17,19,21-25,27,29-45H2,1-2H3/b8-6-,14-12-,20-18-,28-26-. The molecule has 1 aliphatic heterocycles. The van der Waals surface area contributed by atoms with E-state index in [2.05, 4.69) is 62.5 Å². The summed E-state index contributed by atoms with van der Waals surface area (Å²) >= 11 is 0. The number of aliphatic hydroxyl groups is 4. The van der Waals surface area contributed by atoms with Crippen molar-refractivity contribution in [2.24, 2.45) is 0 Å². The third-order valence-electron chi connectivity index (χ3n) is 11.5. The number of carbonyl (C=O) groups excluding carboxylic acids is 1. The van der Waals surface area contributed by atoms with Gasteiger partial charge in [0.2, 0.25) is 0 Å². The fourth-order valence-electron chi connectivity index (χ4n) is 7.60. The third-order valence-corrected chi connectivity index (χ3v) is 11.5. The predicted molar refractivity (Wildman–Crippen MR) is 251 cm³/mol. The molecule has 0 radical (unpaired) electrons. The van der Waals surface area contributed by atoms with Crippen LogP contribution in [0.4, 0.5) is 0 Å². The second kappa shape index (κ2) is 43.4. The van der Waals surface area contributed by atoms with Gasteiger partial charge >= 0.3 is 5.97 Å². The Bertz CT molecular complexity index is 1070. The van der Waals surface area contributed by atoms with Crippen LogP contribution >= 0.6 is 0 Å². The number of hydrogen-bond acceptors (Lipinski definition) is 9. The predicted octanol–water partition coefficient (Wildman–Crippen LogP) is 12.1. The second-order valence-corrected chi connectivity index (χ2v) is 17.2. The Morgan fingerprint density at radius 3 is 1.51 bits per heavy atom. The van der Waals surface area contributed by atoms with Crippen LogP contribution in [-0.2, 0) is 23.7 Å². The summed E-state index contributed by atoms with van der Waals surface area (Å²) in [6.45, 7) is 4.43. The molecule has 6 unspecified atom stereocenters. The Balaban J connectivity index is 2.22.